The Labute approximate surface area is 291 Å². The van der Waals surface area contributed by atoms with E-state index >= 15 is 0 Å². The van der Waals surface area contributed by atoms with Crippen LogP contribution in [0.5, 0.6) is 0 Å². The number of fused-ring (bicyclic) bond motifs is 2. The second kappa shape index (κ2) is 26.3. The van der Waals surface area contributed by atoms with Gasteiger partial charge in [0.1, 0.15) is 11.6 Å². The van der Waals surface area contributed by atoms with Crippen LogP contribution in [0.2, 0.25) is 0 Å². The third-order valence-corrected chi connectivity index (χ3v) is 5.62. The summed E-state index contributed by atoms with van der Waals surface area (Å²) in [7, 11) is 0. The van der Waals surface area contributed by atoms with Gasteiger partial charge in [-0.3, -0.25) is 14.8 Å². The van der Waals surface area contributed by atoms with Crippen LogP contribution < -0.4 is 11.1 Å². The van der Waals surface area contributed by atoms with E-state index in [4.69, 9.17) is 15.2 Å². The Morgan fingerprint density at radius 3 is 1.94 bits per heavy atom. The number of nitrogens with two attached hydrogens (primary N) is 1. The van der Waals surface area contributed by atoms with E-state index in [1.807, 2.05) is 4.57 Å². The van der Waals surface area contributed by atoms with Crippen LogP contribution in [0.25, 0.3) is 5.65 Å². The molecule has 0 saturated heterocycles. The summed E-state index contributed by atoms with van der Waals surface area (Å²) in [5, 5.41) is 3.22. The predicted octanol–water partition coefficient (Wildman–Crippen LogP) is 4.19. The molecule has 0 radical (unpaired) electrons. The average molecular weight is 741 g/mol. The molecule has 0 aromatic carbocycles. The van der Waals surface area contributed by atoms with E-state index in [9.17, 15) is 19.2 Å². The van der Waals surface area contributed by atoms with Crippen molar-refractivity contribution < 1.29 is 33.4 Å². The summed E-state index contributed by atoms with van der Waals surface area (Å²) in [4.78, 5) is 62.9. The van der Waals surface area contributed by atoms with Crippen molar-refractivity contribution >= 4 is 51.1 Å². The van der Waals surface area contributed by atoms with Gasteiger partial charge in [-0.2, -0.15) is 0 Å². The minimum absolute atomic E-state index is 0. The number of halogens is 1. The van der Waals surface area contributed by atoms with Crippen molar-refractivity contribution in [2.45, 2.75) is 63.6 Å². The van der Waals surface area contributed by atoms with Gasteiger partial charge >= 0.3 is 17.9 Å². The van der Waals surface area contributed by atoms with Gasteiger partial charge in [0.25, 0.3) is 0 Å². The Bertz CT molecular complexity index is 1440. The van der Waals surface area contributed by atoms with Gasteiger partial charge in [0.15, 0.2) is 17.0 Å². The van der Waals surface area contributed by atoms with Crippen LogP contribution in [0.1, 0.15) is 77.3 Å². The molecule has 4 aromatic heterocycles. The Balaban J connectivity index is -0.000000566. The maximum atomic E-state index is 11.3. The predicted molar refractivity (Wildman–Crippen MR) is 188 cm³/mol. The summed E-state index contributed by atoms with van der Waals surface area (Å²) in [6.45, 7) is 8.69. The molecule has 0 spiro atoms. The first-order valence-electron chi connectivity index (χ1n) is 13.4. The molecule has 5 heterocycles. The highest BCUT2D eigenvalue weighted by Crippen LogP contribution is 2.08. The molecular formula is C31H50BrN9O7. The Hall–Kier alpha value is -4.77. The first-order valence-corrected chi connectivity index (χ1v) is 14.5. The fraction of sp³-hybridized carbons (Fsp3) is 0.452. The van der Waals surface area contributed by atoms with Gasteiger partial charge in [0.2, 0.25) is 5.78 Å². The van der Waals surface area contributed by atoms with Gasteiger partial charge in [-0.25, -0.2) is 29.3 Å². The molecule has 0 fully saturated rings. The van der Waals surface area contributed by atoms with Gasteiger partial charge in [-0.15, -0.1) is 0 Å². The van der Waals surface area contributed by atoms with Crippen LogP contribution in [0.4, 0.5) is 5.82 Å². The Morgan fingerprint density at radius 2 is 1.46 bits per heavy atom. The minimum Gasteiger partial charge on any atom is -0.461 e. The molecule has 0 aliphatic carbocycles. The van der Waals surface area contributed by atoms with Crippen molar-refractivity contribution in [3.63, 3.8) is 0 Å². The number of aromatic nitrogens is 7. The van der Waals surface area contributed by atoms with E-state index in [2.05, 4.69) is 50.9 Å². The zero-order valence-electron chi connectivity index (χ0n) is 24.5. The van der Waals surface area contributed by atoms with Crippen molar-refractivity contribution in [2.75, 3.05) is 37.4 Å². The van der Waals surface area contributed by atoms with Crippen molar-refractivity contribution in [1.29, 1.82) is 0 Å². The topological polar surface area (TPSA) is 208 Å². The van der Waals surface area contributed by atoms with Gasteiger partial charge in [0.05, 0.1) is 44.1 Å². The number of ether oxygens (including phenoxy) is 3. The van der Waals surface area contributed by atoms with Crippen LogP contribution in [0, 0.1) is 0 Å². The molecule has 3 N–H and O–H groups in total. The number of imidazole rings is 2. The number of nitrogen functional groups attached to an aromatic ring is 1. The van der Waals surface area contributed by atoms with E-state index in [0.29, 0.717) is 36.1 Å². The molecule has 1 aliphatic heterocycles. The van der Waals surface area contributed by atoms with Crippen molar-refractivity contribution in [1.82, 2.24) is 39.2 Å². The van der Waals surface area contributed by atoms with Gasteiger partial charge in [-0.05, 0) is 20.8 Å². The van der Waals surface area contributed by atoms with E-state index < -0.39 is 17.7 Å². The molecule has 1 aliphatic rings. The number of anilines is 1. The summed E-state index contributed by atoms with van der Waals surface area (Å²) in [6, 6.07) is 0. The summed E-state index contributed by atoms with van der Waals surface area (Å²) in [6.07, 6.45) is 13.0. The number of hydrogen-bond acceptors (Lipinski definition) is 14. The Kier molecular flexibility index (Phi) is 26.1. The zero-order chi connectivity index (χ0) is 32.3. The average Bonchev–Trinajstić information content (AvgIpc) is 3.67. The van der Waals surface area contributed by atoms with Crippen LogP contribution in [-0.2, 0) is 36.9 Å². The van der Waals surface area contributed by atoms with Crippen LogP contribution in [0.3, 0.4) is 0 Å². The van der Waals surface area contributed by atoms with Crippen LogP contribution in [-0.4, -0.2) is 89.3 Å². The molecule has 5 rings (SSSR count). The summed E-state index contributed by atoms with van der Waals surface area (Å²) < 4.78 is 17.8. The summed E-state index contributed by atoms with van der Waals surface area (Å²) in [5.41, 5.74) is 6.53. The normalized spacial score (nSPS) is 10.2. The lowest BCUT2D eigenvalue weighted by molar-refractivity contribution is -0.152. The number of esters is 3. The molecule has 0 atom stereocenters. The van der Waals surface area contributed by atoms with Crippen LogP contribution >= 0.6 is 15.9 Å². The largest absolute Gasteiger partial charge is 0.461 e. The molecule has 0 unspecified atom stereocenters. The summed E-state index contributed by atoms with van der Waals surface area (Å²) in [5.74, 6) is -0.696. The molecule has 0 bridgehead atoms. The van der Waals surface area contributed by atoms with E-state index in [1.165, 1.54) is 6.20 Å². The van der Waals surface area contributed by atoms with Crippen molar-refractivity contribution in [2.24, 2.45) is 0 Å². The third kappa shape index (κ3) is 16.2. The second-order valence-electron chi connectivity index (χ2n) is 8.23. The highest BCUT2D eigenvalue weighted by molar-refractivity contribution is 9.09. The maximum Gasteiger partial charge on any atom is 0.375 e. The maximum absolute atomic E-state index is 11.3. The van der Waals surface area contributed by atoms with E-state index in [1.54, 1.807) is 68.5 Å². The molecule has 268 valence electrons. The first kappa shape index (κ1) is 47.6. The highest BCUT2D eigenvalue weighted by Gasteiger charge is 2.17. The van der Waals surface area contributed by atoms with Gasteiger partial charge in [0, 0.05) is 50.3 Å². The second-order valence-corrected chi connectivity index (χ2v) is 8.79. The van der Waals surface area contributed by atoms with E-state index in [-0.39, 0.29) is 47.6 Å². The molecule has 48 heavy (non-hydrogen) atoms. The standard InChI is InChI=1S/C9H13N3O2.C9H9N3O2.C5H7BrO3.C4H5N3.4CH4/c2*1-2-14-9(13)7-6-12-4-3-10-5-8(12)11-7;1-2-9-5(8)4(7)3-6;5-4-3-6-1-2-7-4;;;;/h6,10H,2-5H2,1H3;3-6H,2H2,1H3;2-3H2,1H3;1-3H,(H2,5,7);4*1H4. The van der Waals surface area contributed by atoms with Gasteiger partial charge < -0.3 is 34.2 Å². The fourth-order valence-electron chi connectivity index (χ4n) is 3.22. The fourth-order valence-corrected chi connectivity index (χ4v) is 3.44. The minimum atomic E-state index is -0.769. The number of ketones is 1. The number of nitrogens with one attached hydrogen (secondary N) is 1. The lowest BCUT2D eigenvalue weighted by Gasteiger charge is -2.13. The lowest BCUT2D eigenvalue weighted by atomic mass is 10.4. The molecule has 4 aromatic rings. The van der Waals surface area contributed by atoms with Crippen molar-refractivity contribution in [3.05, 3.63) is 66.8 Å². The number of rotatable bonds is 7. The van der Waals surface area contributed by atoms with E-state index in [0.717, 1.165) is 25.5 Å². The number of Topliss-reactive ketones (excluding diaryl/α,β-unsaturated/α-hetero) is 1. The molecule has 0 saturated carbocycles. The number of nitrogens with zero attached hydrogens (tertiary/aromatic N) is 7. The highest BCUT2D eigenvalue weighted by atomic mass is 79.9. The SMILES string of the molecule is C.C.C.C.CCOC(=O)C(=O)CBr.CCOC(=O)c1cn2c(n1)CNCC2.CCOC(=O)c1cn2ccncc2n1.Nc1cnccn1. The lowest BCUT2D eigenvalue weighted by Crippen LogP contribution is -2.27. The summed E-state index contributed by atoms with van der Waals surface area (Å²) >= 11 is 2.83. The van der Waals surface area contributed by atoms with Crippen LogP contribution in [0.15, 0.2) is 49.6 Å². The monoisotopic (exact) mass is 739 g/mol. The molecule has 16 nitrogen and oxygen atoms in total. The quantitative estimate of drug-likeness (QED) is 0.118. The van der Waals surface area contributed by atoms with Gasteiger partial charge in [-0.1, -0.05) is 45.6 Å². The molecular weight excluding hydrogens is 690 g/mol. The number of carbonyl (C=O) groups is 4. The smallest absolute Gasteiger partial charge is 0.375 e. The number of alkyl halides is 1. The Morgan fingerprint density at radius 1 is 0.854 bits per heavy atom. The third-order valence-electron chi connectivity index (χ3n) is 5.11. The zero-order valence-corrected chi connectivity index (χ0v) is 26.1. The number of hydrogen-bond donors (Lipinski definition) is 2. The number of carbonyl (C=O) groups excluding carboxylic acids is 4. The van der Waals surface area contributed by atoms with Crippen molar-refractivity contribution in [3.8, 4) is 0 Å². The molecule has 0 amide bonds. The first-order chi connectivity index (χ1) is 21.2. The molecule has 17 heteroatoms.